The largest absolute Gasteiger partial charge is 0.384 e. The van der Waals surface area contributed by atoms with Crippen LogP contribution < -0.4 is 5.73 Å². The molecule has 0 aromatic carbocycles. The molecule has 0 unspecified atom stereocenters. The number of anilines is 1. The molecule has 0 radical (unpaired) electrons. The molecule has 2 aromatic rings. The van der Waals surface area contributed by atoms with E-state index in [0.717, 1.165) is 25.9 Å². The summed E-state index contributed by atoms with van der Waals surface area (Å²) in [5.74, 6) is 2.21. The Morgan fingerprint density at radius 3 is 2.67 bits per heavy atom. The summed E-state index contributed by atoms with van der Waals surface area (Å²) in [5.41, 5.74) is 5.65. The van der Waals surface area contributed by atoms with Crippen molar-refractivity contribution in [1.29, 1.82) is 0 Å². The summed E-state index contributed by atoms with van der Waals surface area (Å²) in [5, 5.41) is 3.98. The third-order valence-corrected chi connectivity index (χ3v) is 3.93. The van der Waals surface area contributed by atoms with Gasteiger partial charge in [0.15, 0.2) is 0 Å². The van der Waals surface area contributed by atoms with Crippen molar-refractivity contribution in [3.8, 4) is 11.6 Å². The number of nitrogens with zero attached hydrogens (tertiary/aromatic N) is 5. The monoisotopic (exact) mass is 288 g/mol. The molecular formula is C14H20N6O. The number of likely N-dealkylation sites (tertiary alicyclic amines) is 1. The fourth-order valence-corrected chi connectivity index (χ4v) is 2.64. The Morgan fingerprint density at radius 1 is 1.24 bits per heavy atom. The van der Waals surface area contributed by atoms with E-state index in [2.05, 4.69) is 38.9 Å². The number of piperidine rings is 1. The highest BCUT2D eigenvalue weighted by atomic mass is 16.5. The van der Waals surface area contributed by atoms with E-state index in [1.165, 1.54) is 0 Å². The summed E-state index contributed by atoms with van der Waals surface area (Å²) in [4.78, 5) is 15.1. The van der Waals surface area contributed by atoms with Gasteiger partial charge in [-0.1, -0.05) is 5.16 Å². The predicted octanol–water partition coefficient (Wildman–Crippen LogP) is 1.70. The molecule has 2 N–H and O–H groups in total. The Labute approximate surface area is 123 Å². The lowest BCUT2D eigenvalue weighted by Gasteiger charge is -2.33. The lowest BCUT2D eigenvalue weighted by atomic mass is 9.96. The number of hydrogen-bond donors (Lipinski definition) is 1. The first kappa shape index (κ1) is 13.9. The maximum atomic E-state index is 5.65. The van der Waals surface area contributed by atoms with Crippen LogP contribution in [0.15, 0.2) is 16.8 Å². The number of hydrogen-bond acceptors (Lipinski definition) is 7. The Hall–Kier alpha value is -2.02. The van der Waals surface area contributed by atoms with Crippen molar-refractivity contribution < 1.29 is 4.52 Å². The molecular weight excluding hydrogens is 268 g/mol. The SMILES string of the molecule is CC(C)N1CCC(c2nc(-c3nccc(N)n3)no2)CC1. The summed E-state index contributed by atoms with van der Waals surface area (Å²) in [6, 6.07) is 2.22. The van der Waals surface area contributed by atoms with E-state index < -0.39 is 0 Å². The minimum absolute atomic E-state index is 0.322. The Bertz CT molecular complexity index is 603. The molecule has 0 spiro atoms. The van der Waals surface area contributed by atoms with Gasteiger partial charge in [-0.3, -0.25) is 0 Å². The van der Waals surface area contributed by atoms with Crippen LogP contribution in [0.2, 0.25) is 0 Å². The van der Waals surface area contributed by atoms with E-state index in [1.54, 1.807) is 12.3 Å². The molecule has 0 amide bonds. The number of nitrogens with two attached hydrogens (primary N) is 1. The minimum atomic E-state index is 0.322. The van der Waals surface area contributed by atoms with E-state index in [0.29, 0.717) is 35.3 Å². The van der Waals surface area contributed by atoms with Gasteiger partial charge in [-0.15, -0.1) is 0 Å². The molecule has 0 bridgehead atoms. The average molecular weight is 288 g/mol. The van der Waals surface area contributed by atoms with Crippen LogP contribution in [-0.4, -0.2) is 44.1 Å². The van der Waals surface area contributed by atoms with Crippen molar-refractivity contribution in [2.75, 3.05) is 18.8 Å². The Kier molecular flexibility index (Phi) is 3.83. The summed E-state index contributed by atoms with van der Waals surface area (Å²) >= 11 is 0. The van der Waals surface area contributed by atoms with Gasteiger partial charge in [0.1, 0.15) is 5.82 Å². The fourth-order valence-electron chi connectivity index (χ4n) is 2.64. The van der Waals surface area contributed by atoms with Gasteiger partial charge in [0.2, 0.25) is 17.5 Å². The lowest BCUT2D eigenvalue weighted by Crippen LogP contribution is -2.37. The molecule has 2 aromatic heterocycles. The van der Waals surface area contributed by atoms with Gasteiger partial charge in [0, 0.05) is 18.2 Å². The predicted molar refractivity (Wildman–Crippen MR) is 78.4 cm³/mol. The molecule has 1 fully saturated rings. The van der Waals surface area contributed by atoms with Crippen molar-refractivity contribution >= 4 is 5.82 Å². The Morgan fingerprint density at radius 2 is 2.00 bits per heavy atom. The topological polar surface area (TPSA) is 94.0 Å². The smallest absolute Gasteiger partial charge is 0.240 e. The number of nitrogen functional groups attached to an aromatic ring is 1. The maximum absolute atomic E-state index is 5.65. The maximum Gasteiger partial charge on any atom is 0.240 e. The van der Waals surface area contributed by atoms with Gasteiger partial charge < -0.3 is 15.2 Å². The van der Waals surface area contributed by atoms with Crippen LogP contribution in [0.1, 0.15) is 38.5 Å². The van der Waals surface area contributed by atoms with E-state index in [4.69, 9.17) is 10.3 Å². The van der Waals surface area contributed by atoms with Crippen LogP contribution in [0.3, 0.4) is 0 Å². The van der Waals surface area contributed by atoms with E-state index in [-0.39, 0.29) is 0 Å². The molecule has 0 aliphatic carbocycles. The molecule has 1 saturated heterocycles. The lowest BCUT2D eigenvalue weighted by molar-refractivity contribution is 0.160. The van der Waals surface area contributed by atoms with Crippen LogP contribution in [0, 0.1) is 0 Å². The quantitative estimate of drug-likeness (QED) is 0.918. The van der Waals surface area contributed by atoms with Crippen LogP contribution >= 0.6 is 0 Å². The zero-order valence-corrected chi connectivity index (χ0v) is 12.4. The summed E-state index contributed by atoms with van der Waals surface area (Å²) in [7, 11) is 0. The average Bonchev–Trinajstić information content (AvgIpc) is 2.97. The van der Waals surface area contributed by atoms with Crippen LogP contribution in [0.25, 0.3) is 11.6 Å². The third kappa shape index (κ3) is 3.02. The van der Waals surface area contributed by atoms with Gasteiger partial charge >= 0.3 is 0 Å². The van der Waals surface area contributed by atoms with Gasteiger partial charge in [-0.2, -0.15) is 4.98 Å². The number of aromatic nitrogens is 4. The van der Waals surface area contributed by atoms with E-state index in [9.17, 15) is 0 Å². The zero-order chi connectivity index (χ0) is 14.8. The molecule has 0 atom stereocenters. The van der Waals surface area contributed by atoms with E-state index in [1.807, 2.05) is 0 Å². The minimum Gasteiger partial charge on any atom is -0.384 e. The molecule has 112 valence electrons. The molecule has 1 aliphatic rings. The van der Waals surface area contributed by atoms with Crippen molar-refractivity contribution in [3.63, 3.8) is 0 Å². The first-order valence-electron chi connectivity index (χ1n) is 7.30. The number of rotatable bonds is 3. The fraction of sp³-hybridized carbons (Fsp3) is 0.571. The molecule has 7 nitrogen and oxygen atoms in total. The molecule has 7 heteroatoms. The zero-order valence-electron chi connectivity index (χ0n) is 12.4. The molecule has 21 heavy (non-hydrogen) atoms. The van der Waals surface area contributed by atoms with Gasteiger partial charge in [-0.05, 0) is 45.8 Å². The second kappa shape index (κ2) is 5.77. The van der Waals surface area contributed by atoms with Gasteiger partial charge in [0.25, 0.3) is 0 Å². The van der Waals surface area contributed by atoms with Crippen molar-refractivity contribution in [2.24, 2.45) is 0 Å². The third-order valence-electron chi connectivity index (χ3n) is 3.93. The van der Waals surface area contributed by atoms with Crippen LogP contribution in [-0.2, 0) is 0 Å². The first-order chi connectivity index (χ1) is 10.1. The van der Waals surface area contributed by atoms with Crippen LogP contribution in [0.5, 0.6) is 0 Å². The normalized spacial score (nSPS) is 17.5. The Balaban J connectivity index is 1.71. The molecule has 1 aliphatic heterocycles. The van der Waals surface area contributed by atoms with Crippen molar-refractivity contribution in [2.45, 2.75) is 38.6 Å². The molecule has 0 saturated carbocycles. The second-order valence-corrected chi connectivity index (χ2v) is 5.67. The van der Waals surface area contributed by atoms with Crippen molar-refractivity contribution in [1.82, 2.24) is 25.0 Å². The highest BCUT2D eigenvalue weighted by molar-refractivity contribution is 5.45. The summed E-state index contributed by atoms with van der Waals surface area (Å²) < 4.78 is 5.39. The summed E-state index contributed by atoms with van der Waals surface area (Å²) in [6.45, 7) is 6.58. The van der Waals surface area contributed by atoms with Crippen molar-refractivity contribution in [3.05, 3.63) is 18.2 Å². The molecule has 3 rings (SSSR count). The van der Waals surface area contributed by atoms with Gasteiger partial charge in [-0.25, -0.2) is 9.97 Å². The van der Waals surface area contributed by atoms with E-state index >= 15 is 0 Å². The van der Waals surface area contributed by atoms with Crippen LogP contribution in [0.4, 0.5) is 5.82 Å². The second-order valence-electron chi connectivity index (χ2n) is 5.67. The first-order valence-corrected chi connectivity index (χ1v) is 7.30. The summed E-state index contributed by atoms with van der Waals surface area (Å²) in [6.07, 6.45) is 3.67. The van der Waals surface area contributed by atoms with Gasteiger partial charge in [0.05, 0.1) is 0 Å². The molecule has 3 heterocycles. The highest BCUT2D eigenvalue weighted by Gasteiger charge is 2.26. The highest BCUT2D eigenvalue weighted by Crippen LogP contribution is 2.28. The standard InChI is InChI=1S/C14H20N6O/c1-9(2)20-7-4-10(5-8-20)14-18-13(19-21-14)12-16-6-3-11(15)17-12/h3,6,9-10H,4-5,7-8H2,1-2H3,(H2,15,16,17).